The molecule has 0 bridgehead atoms. The van der Waals surface area contributed by atoms with Crippen molar-refractivity contribution < 1.29 is 19.4 Å². The van der Waals surface area contributed by atoms with Crippen LogP contribution >= 0.6 is 11.8 Å². The van der Waals surface area contributed by atoms with Crippen LogP contribution in [0.1, 0.15) is 25.7 Å². The Balaban J connectivity index is 1.58. The molecule has 4 rings (SSSR count). The number of rotatable bonds is 12. The van der Waals surface area contributed by atoms with Gasteiger partial charge < -0.3 is 14.6 Å². The SMILES string of the molecule is COCCSc1c(-c2ccccc2)c(-c2ccccc2)nn1C[C@H]1CC[C@H](COCC(=O)O)CC1. The maximum absolute atomic E-state index is 10.7. The van der Waals surface area contributed by atoms with Gasteiger partial charge in [-0.05, 0) is 43.1 Å². The van der Waals surface area contributed by atoms with Crippen molar-refractivity contribution >= 4 is 17.7 Å². The summed E-state index contributed by atoms with van der Waals surface area (Å²) < 4.78 is 12.9. The van der Waals surface area contributed by atoms with Gasteiger partial charge in [-0.1, -0.05) is 60.7 Å². The van der Waals surface area contributed by atoms with Crippen LogP contribution in [0.15, 0.2) is 65.7 Å². The minimum absolute atomic E-state index is 0.209. The van der Waals surface area contributed by atoms with Crippen molar-refractivity contribution in [2.45, 2.75) is 37.3 Å². The van der Waals surface area contributed by atoms with E-state index < -0.39 is 5.97 Å². The molecule has 0 amide bonds. The van der Waals surface area contributed by atoms with Crippen molar-refractivity contribution in [1.29, 1.82) is 0 Å². The second-order valence-electron chi connectivity index (χ2n) is 9.08. The van der Waals surface area contributed by atoms with E-state index in [1.807, 2.05) is 23.9 Å². The molecule has 1 aromatic heterocycles. The van der Waals surface area contributed by atoms with Gasteiger partial charge in [-0.2, -0.15) is 5.10 Å². The van der Waals surface area contributed by atoms with Crippen LogP contribution in [-0.4, -0.2) is 53.5 Å². The van der Waals surface area contributed by atoms with E-state index in [4.69, 9.17) is 19.7 Å². The third-order valence-electron chi connectivity index (χ3n) is 6.52. The zero-order valence-corrected chi connectivity index (χ0v) is 21.1. The van der Waals surface area contributed by atoms with Crippen molar-refractivity contribution in [2.24, 2.45) is 11.8 Å². The van der Waals surface area contributed by atoms with E-state index in [1.54, 1.807) is 7.11 Å². The predicted octanol–water partition coefficient (Wildman–Crippen LogP) is 5.86. The van der Waals surface area contributed by atoms with Gasteiger partial charge >= 0.3 is 5.97 Å². The number of nitrogens with zero attached hydrogens (tertiary/aromatic N) is 2. The van der Waals surface area contributed by atoms with Crippen molar-refractivity contribution in [3.8, 4) is 22.4 Å². The lowest BCUT2D eigenvalue weighted by Crippen LogP contribution is -2.23. The fraction of sp³-hybridized carbons (Fsp3) is 0.429. The molecule has 1 N–H and O–H groups in total. The number of carboxylic acid groups (broad SMARTS) is 1. The maximum atomic E-state index is 10.7. The van der Waals surface area contributed by atoms with Gasteiger partial charge in [-0.3, -0.25) is 4.68 Å². The minimum Gasteiger partial charge on any atom is -0.480 e. The molecule has 0 aliphatic heterocycles. The fourth-order valence-electron chi connectivity index (χ4n) is 4.74. The molecule has 1 fully saturated rings. The molecule has 2 aromatic carbocycles. The minimum atomic E-state index is -0.903. The Hall–Kier alpha value is -2.61. The van der Waals surface area contributed by atoms with Gasteiger partial charge in [0.05, 0.1) is 13.2 Å². The highest BCUT2D eigenvalue weighted by Crippen LogP contribution is 2.41. The Morgan fingerprint density at radius 1 is 1.00 bits per heavy atom. The van der Waals surface area contributed by atoms with Gasteiger partial charge in [0.25, 0.3) is 0 Å². The average Bonchev–Trinajstić information content (AvgIpc) is 3.24. The van der Waals surface area contributed by atoms with Crippen molar-refractivity contribution in [3.63, 3.8) is 0 Å². The third kappa shape index (κ3) is 6.97. The van der Waals surface area contributed by atoms with Crippen molar-refractivity contribution in [2.75, 3.05) is 32.7 Å². The van der Waals surface area contributed by atoms with Gasteiger partial charge in [0.15, 0.2) is 0 Å². The largest absolute Gasteiger partial charge is 0.480 e. The summed E-state index contributed by atoms with van der Waals surface area (Å²) >= 11 is 1.81. The number of aliphatic carboxylic acids is 1. The van der Waals surface area contributed by atoms with Crippen molar-refractivity contribution in [3.05, 3.63) is 60.7 Å². The highest BCUT2D eigenvalue weighted by molar-refractivity contribution is 7.99. The molecule has 1 heterocycles. The van der Waals surface area contributed by atoms with E-state index >= 15 is 0 Å². The second-order valence-corrected chi connectivity index (χ2v) is 10.2. The number of carbonyl (C=O) groups is 1. The summed E-state index contributed by atoms with van der Waals surface area (Å²) in [6.45, 7) is 1.89. The summed E-state index contributed by atoms with van der Waals surface area (Å²) in [5.74, 6) is 0.946. The van der Waals surface area contributed by atoms with Crippen molar-refractivity contribution in [1.82, 2.24) is 9.78 Å². The first kappa shape index (κ1) is 25.5. The van der Waals surface area contributed by atoms with Gasteiger partial charge in [-0.15, -0.1) is 11.8 Å². The summed E-state index contributed by atoms with van der Waals surface area (Å²) in [6, 6.07) is 21.0. The van der Waals surface area contributed by atoms with E-state index in [2.05, 4.69) is 53.2 Å². The lowest BCUT2D eigenvalue weighted by molar-refractivity contribution is -0.142. The zero-order valence-electron chi connectivity index (χ0n) is 20.3. The van der Waals surface area contributed by atoms with E-state index in [0.29, 0.717) is 25.0 Å². The molecular weight excluding hydrogens is 460 g/mol. The molecule has 0 unspecified atom stereocenters. The molecule has 0 saturated heterocycles. The molecule has 186 valence electrons. The molecule has 7 heteroatoms. The van der Waals surface area contributed by atoms with Crippen LogP contribution in [0.25, 0.3) is 22.4 Å². The average molecular weight is 495 g/mol. The summed E-state index contributed by atoms with van der Waals surface area (Å²) in [4.78, 5) is 10.7. The standard InChI is InChI=1S/C28H34N2O4S/c1-33-16-17-35-28-26(23-8-4-2-5-9-23)27(24-10-6-3-7-11-24)29-30(28)18-21-12-14-22(15-13-21)19-34-20-25(31)32/h2-11,21-22H,12-20H2,1H3,(H,31,32)/t21-,22-. The molecule has 0 atom stereocenters. The van der Waals surface area contributed by atoms with E-state index in [-0.39, 0.29) is 6.61 Å². The molecule has 1 aliphatic carbocycles. The Labute approximate surface area is 211 Å². The van der Waals surface area contributed by atoms with Crippen LogP contribution in [0, 0.1) is 11.8 Å². The normalized spacial score (nSPS) is 18.0. The summed E-state index contributed by atoms with van der Waals surface area (Å²) in [5.41, 5.74) is 4.51. The van der Waals surface area contributed by atoms with E-state index in [1.165, 1.54) is 16.2 Å². The molecule has 1 aliphatic rings. The molecular formula is C28H34N2O4S. The second kappa shape index (κ2) is 12.9. The van der Waals surface area contributed by atoms with Gasteiger partial charge in [-0.25, -0.2) is 4.79 Å². The number of aromatic nitrogens is 2. The number of ether oxygens (including phenoxy) is 2. The first-order valence-corrected chi connectivity index (χ1v) is 13.3. The van der Waals surface area contributed by atoms with Crippen LogP contribution in [0.4, 0.5) is 0 Å². The molecule has 6 nitrogen and oxygen atoms in total. The quantitative estimate of drug-likeness (QED) is 0.251. The summed E-state index contributed by atoms with van der Waals surface area (Å²) in [5, 5.41) is 15.2. The van der Waals surface area contributed by atoms with E-state index in [9.17, 15) is 4.79 Å². The highest BCUT2D eigenvalue weighted by Gasteiger charge is 2.26. The van der Waals surface area contributed by atoms with Gasteiger partial charge in [0.2, 0.25) is 0 Å². The number of methoxy groups -OCH3 is 1. The highest BCUT2D eigenvalue weighted by atomic mass is 32.2. The smallest absolute Gasteiger partial charge is 0.329 e. The Morgan fingerprint density at radius 2 is 1.63 bits per heavy atom. The molecule has 0 radical (unpaired) electrons. The summed E-state index contributed by atoms with van der Waals surface area (Å²) in [6.07, 6.45) is 4.33. The predicted molar refractivity (Wildman–Crippen MR) is 140 cm³/mol. The van der Waals surface area contributed by atoms with Gasteiger partial charge in [0.1, 0.15) is 17.3 Å². The molecule has 3 aromatic rings. The topological polar surface area (TPSA) is 73.6 Å². The van der Waals surface area contributed by atoms with Crippen LogP contribution < -0.4 is 0 Å². The molecule has 0 spiro atoms. The third-order valence-corrected chi connectivity index (χ3v) is 7.58. The van der Waals surface area contributed by atoms with Gasteiger partial charge in [0, 0.05) is 30.5 Å². The Morgan fingerprint density at radius 3 is 2.26 bits per heavy atom. The lowest BCUT2D eigenvalue weighted by atomic mass is 9.82. The zero-order chi connectivity index (χ0) is 24.5. The lowest BCUT2D eigenvalue weighted by Gasteiger charge is -2.28. The number of hydrogen-bond acceptors (Lipinski definition) is 5. The van der Waals surface area contributed by atoms with Crippen LogP contribution in [-0.2, 0) is 20.8 Å². The maximum Gasteiger partial charge on any atom is 0.329 e. The first-order valence-electron chi connectivity index (χ1n) is 12.3. The first-order chi connectivity index (χ1) is 17.2. The Bertz CT molecular complexity index is 1060. The Kier molecular flexibility index (Phi) is 9.40. The molecule has 35 heavy (non-hydrogen) atoms. The number of hydrogen-bond donors (Lipinski definition) is 1. The monoisotopic (exact) mass is 494 g/mol. The summed E-state index contributed by atoms with van der Waals surface area (Å²) in [7, 11) is 1.74. The van der Waals surface area contributed by atoms with Crippen LogP contribution in [0.5, 0.6) is 0 Å². The number of carboxylic acids is 1. The van der Waals surface area contributed by atoms with Crippen LogP contribution in [0.2, 0.25) is 0 Å². The van der Waals surface area contributed by atoms with Crippen LogP contribution in [0.3, 0.4) is 0 Å². The number of benzene rings is 2. The molecule has 1 saturated carbocycles. The fourth-order valence-corrected chi connectivity index (χ4v) is 5.81. The van der Waals surface area contributed by atoms with E-state index in [0.717, 1.165) is 49.2 Å². The number of thioether (sulfide) groups is 1.